The third-order valence-corrected chi connectivity index (χ3v) is 3.62. The third-order valence-electron chi connectivity index (χ3n) is 3.33. The van der Waals surface area contributed by atoms with Gasteiger partial charge >= 0.3 is 11.8 Å². The van der Waals surface area contributed by atoms with Gasteiger partial charge in [0.15, 0.2) is 0 Å². The van der Waals surface area contributed by atoms with E-state index < -0.39 is 17.6 Å². The van der Waals surface area contributed by atoms with Crippen molar-refractivity contribution in [3.63, 3.8) is 0 Å². The number of nitrogens with one attached hydrogen (secondary N) is 2. The molecule has 0 saturated carbocycles. The van der Waals surface area contributed by atoms with Crippen molar-refractivity contribution in [2.75, 3.05) is 26.0 Å². The number of hydrogen-bond donors (Lipinski definition) is 2. The number of nitrogens with zero attached hydrogens (tertiary/aromatic N) is 1. The molecule has 8 heteroatoms. The molecular weight excluding hydrogens is 337 g/mol. The zero-order valence-corrected chi connectivity index (χ0v) is 13.9. The second-order valence-electron chi connectivity index (χ2n) is 5.29. The average Bonchev–Trinajstić information content (AvgIpc) is 3.04. The molecule has 2 N–H and O–H groups in total. The number of furan rings is 1. The van der Waals surface area contributed by atoms with Crippen LogP contribution in [0.1, 0.15) is 11.8 Å². The fraction of sp³-hybridized carbons (Fsp3) is 0.250. The molecule has 1 aromatic carbocycles. The number of carbonyl (C=O) groups is 2. The SMILES string of the molecule is CN(C)[C@H](CNC(=O)C(=O)Nc1ccc(F)c(Cl)c1)c1ccco1. The normalized spacial score (nSPS) is 12.0. The first-order valence-electron chi connectivity index (χ1n) is 7.12. The number of halogens is 2. The maximum Gasteiger partial charge on any atom is 0.313 e. The van der Waals surface area contributed by atoms with E-state index in [1.165, 1.54) is 12.1 Å². The third kappa shape index (κ3) is 4.56. The van der Waals surface area contributed by atoms with Crippen molar-refractivity contribution in [2.45, 2.75) is 6.04 Å². The van der Waals surface area contributed by atoms with E-state index >= 15 is 0 Å². The second kappa shape index (κ2) is 7.94. The van der Waals surface area contributed by atoms with Gasteiger partial charge < -0.3 is 15.1 Å². The summed E-state index contributed by atoms with van der Waals surface area (Å²) < 4.78 is 18.4. The highest BCUT2D eigenvalue weighted by molar-refractivity contribution is 6.39. The minimum absolute atomic E-state index is 0.140. The van der Waals surface area contributed by atoms with Crippen LogP contribution >= 0.6 is 11.6 Å². The molecule has 0 spiro atoms. The summed E-state index contributed by atoms with van der Waals surface area (Å²) in [7, 11) is 3.67. The fourth-order valence-corrected chi connectivity index (χ4v) is 2.23. The average molecular weight is 354 g/mol. The van der Waals surface area contributed by atoms with Crippen LogP contribution in [0.5, 0.6) is 0 Å². The topological polar surface area (TPSA) is 74.6 Å². The van der Waals surface area contributed by atoms with Gasteiger partial charge in [-0.2, -0.15) is 0 Å². The predicted molar refractivity (Wildman–Crippen MR) is 88.2 cm³/mol. The molecule has 0 fully saturated rings. The van der Waals surface area contributed by atoms with Crippen LogP contribution in [0.2, 0.25) is 5.02 Å². The number of benzene rings is 1. The summed E-state index contributed by atoms with van der Waals surface area (Å²) in [6.45, 7) is 0.191. The molecular formula is C16H17ClFN3O3. The summed E-state index contributed by atoms with van der Waals surface area (Å²) in [5.74, 6) is -1.61. The van der Waals surface area contributed by atoms with Gasteiger partial charge in [0.25, 0.3) is 0 Å². The summed E-state index contributed by atoms with van der Waals surface area (Å²) in [5.41, 5.74) is 0.233. The fourth-order valence-electron chi connectivity index (χ4n) is 2.05. The van der Waals surface area contributed by atoms with E-state index in [1.807, 2.05) is 19.0 Å². The Morgan fingerprint density at radius 3 is 2.62 bits per heavy atom. The van der Waals surface area contributed by atoms with Gasteiger partial charge in [-0.05, 0) is 44.4 Å². The molecule has 1 heterocycles. The lowest BCUT2D eigenvalue weighted by molar-refractivity contribution is -0.136. The molecule has 2 rings (SSSR count). The number of hydrogen-bond acceptors (Lipinski definition) is 4. The second-order valence-corrected chi connectivity index (χ2v) is 5.70. The summed E-state index contributed by atoms with van der Waals surface area (Å²) >= 11 is 5.63. The van der Waals surface area contributed by atoms with Crippen LogP contribution in [0, 0.1) is 5.82 Å². The van der Waals surface area contributed by atoms with Crippen molar-refractivity contribution in [1.29, 1.82) is 0 Å². The van der Waals surface area contributed by atoms with Crippen LogP contribution in [0.4, 0.5) is 10.1 Å². The minimum atomic E-state index is -0.866. The Balaban J connectivity index is 1.93. The smallest absolute Gasteiger partial charge is 0.313 e. The van der Waals surface area contributed by atoms with Crippen molar-refractivity contribution in [1.82, 2.24) is 10.2 Å². The van der Waals surface area contributed by atoms with E-state index in [0.29, 0.717) is 5.76 Å². The van der Waals surface area contributed by atoms with Gasteiger partial charge in [-0.3, -0.25) is 14.5 Å². The Morgan fingerprint density at radius 1 is 1.29 bits per heavy atom. The monoisotopic (exact) mass is 353 g/mol. The molecule has 1 atom stereocenters. The predicted octanol–water partition coefficient (Wildman–Crippen LogP) is 2.43. The summed E-state index contributed by atoms with van der Waals surface area (Å²) in [5, 5.41) is 4.76. The van der Waals surface area contributed by atoms with Crippen molar-refractivity contribution >= 4 is 29.1 Å². The quantitative estimate of drug-likeness (QED) is 0.810. The van der Waals surface area contributed by atoms with Gasteiger partial charge in [-0.25, -0.2) is 4.39 Å². The van der Waals surface area contributed by atoms with Crippen molar-refractivity contribution in [3.8, 4) is 0 Å². The van der Waals surface area contributed by atoms with E-state index in [-0.39, 0.29) is 23.3 Å². The first-order chi connectivity index (χ1) is 11.4. The Morgan fingerprint density at radius 2 is 2.04 bits per heavy atom. The van der Waals surface area contributed by atoms with Crippen LogP contribution in [0.25, 0.3) is 0 Å². The van der Waals surface area contributed by atoms with Gasteiger partial charge in [0.2, 0.25) is 0 Å². The van der Waals surface area contributed by atoms with Crippen molar-refractivity contribution < 1.29 is 18.4 Å². The highest BCUT2D eigenvalue weighted by Crippen LogP contribution is 2.19. The Bertz CT molecular complexity index is 719. The van der Waals surface area contributed by atoms with E-state index in [4.69, 9.17) is 16.0 Å². The van der Waals surface area contributed by atoms with Crippen molar-refractivity contribution in [3.05, 3.63) is 53.2 Å². The first kappa shape index (κ1) is 18.0. The van der Waals surface area contributed by atoms with Crippen LogP contribution in [-0.2, 0) is 9.59 Å². The molecule has 24 heavy (non-hydrogen) atoms. The zero-order chi connectivity index (χ0) is 17.7. The molecule has 6 nitrogen and oxygen atoms in total. The number of carbonyl (C=O) groups excluding carboxylic acids is 2. The number of anilines is 1. The van der Waals surface area contributed by atoms with Crippen LogP contribution in [-0.4, -0.2) is 37.4 Å². The van der Waals surface area contributed by atoms with Gasteiger partial charge in [-0.1, -0.05) is 11.6 Å². The van der Waals surface area contributed by atoms with Gasteiger partial charge in [-0.15, -0.1) is 0 Å². The lowest BCUT2D eigenvalue weighted by atomic mass is 10.2. The molecule has 2 aromatic rings. The molecule has 0 radical (unpaired) electrons. The van der Waals surface area contributed by atoms with Gasteiger partial charge in [0, 0.05) is 12.2 Å². The van der Waals surface area contributed by atoms with Crippen LogP contribution < -0.4 is 10.6 Å². The highest BCUT2D eigenvalue weighted by Gasteiger charge is 2.20. The van der Waals surface area contributed by atoms with E-state index in [2.05, 4.69) is 10.6 Å². The summed E-state index contributed by atoms with van der Waals surface area (Å²) in [6, 6.07) is 6.98. The maximum atomic E-state index is 13.1. The van der Waals surface area contributed by atoms with Crippen LogP contribution in [0.15, 0.2) is 41.0 Å². The Hall–Kier alpha value is -2.38. The summed E-state index contributed by atoms with van der Waals surface area (Å²) in [6.07, 6.45) is 1.54. The number of likely N-dealkylation sites (N-methyl/N-ethyl adjacent to an activating group) is 1. The van der Waals surface area contributed by atoms with Crippen molar-refractivity contribution in [2.24, 2.45) is 0 Å². The molecule has 0 bridgehead atoms. The van der Waals surface area contributed by atoms with Gasteiger partial charge in [0.05, 0.1) is 17.3 Å². The molecule has 0 aliphatic carbocycles. The van der Waals surface area contributed by atoms with E-state index in [0.717, 1.165) is 6.07 Å². The molecule has 2 amide bonds. The van der Waals surface area contributed by atoms with Gasteiger partial charge in [0.1, 0.15) is 11.6 Å². The number of rotatable bonds is 5. The first-order valence-corrected chi connectivity index (χ1v) is 7.50. The maximum absolute atomic E-state index is 13.1. The highest BCUT2D eigenvalue weighted by atomic mass is 35.5. The lowest BCUT2D eigenvalue weighted by Gasteiger charge is -2.22. The molecule has 1 aromatic heterocycles. The lowest BCUT2D eigenvalue weighted by Crippen LogP contribution is -2.40. The minimum Gasteiger partial charge on any atom is -0.468 e. The Labute approximate surface area is 143 Å². The number of amides is 2. The Kier molecular flexibility index (Phi) is 5.94. The standard InChI is InChI=1S/C16H17ClFN3O3/c1-21(2)13(14-4-3-7-24-14)9-19-15(22)16(23)20-10-5-6-12(18)11(17)8-10/h3-8,13H,9H2,1-2H3,(H,19,22)(H,20,23)/t13-/m1/s1. The van der Waals surface area contributed by atoms with E-state index in [9.17, 15) is 14.0 Å². The molecule has 0 saturated heterocycles. The zero-order valence-electron chi connectivity index (χ0n) is 13.2. The molecule has 0 unspecified atom stereocenters. The molecule has 128 valence electrons. The summed E-state index contributed by atoms with van der Waals surface area (Å²) in [4.78, 5) is 25.7. The largest absolute Gasteiger partial charge is 0.468 e. The van der Waals surface area contributed by atoms with E-state index in [1.54, 1.807) is 18.4 Å². The molecule has 0 aliphatic heterocycles. The van der Waals surface area contributed by atoms with Crippen LogP contribution in [0.3, 0.4) is 0 Å². The molecule has 0 aliphatic rings.